The number of ether oxygens (including phenoxy) is 1. The van der Waals surface area contributed by atoms with Gasteiger partial charge in [-0.15, -0.1) is 0 Å². The predicted octanol–water partition coefficient (Wildman–Crippen LogP) is 3.37. The number of pyridine rings is 1. The van der Waals surface area contributed by atoms with Crippen LogP contribution in [0.2, 0.25) is 0 Å². The van der Waals surface area contributed by atoms with Gasteiger partial charge in [-0.25, -0.2) is 4.98 Å². The average Bonchev–Trinajstić information content (AvgIpc) is 2.64. The van der Waals surface area contributed by atoms with E-state index in [-0.39, 0.29) is 5.78 Å². The molecular formula is C20H24N2O2. The monoisotopic (exact) mass is 324 g/mol. The molecule has 0 amide bonds. The molecule has 1 saturated heterocycles. The van der Waals surface area contributed by atoms with E-state index < -0.39 is 0 Å². The van der Waals surface area contributed by atoms with Crippen molar-refractivity contribution < 1.29 is 9.53 Å². The predicted molar refractivity (Wildman–Crippen MR) is 94.7 cm³/mol. The topological polar surface area (TPSA) is 51.2 Å². The van der Waals surface area contributed by atoms with Gasteiger partial charge in [-0.3, -0.25) is 4.79 Å². The third-order valence-electron chi connectivity index (χ3n) is 4.45. The smallest absolute Gasteiger partial charge is 0.185 e. The second-order valence-corrected chi connectivity index (χ2v) is 6.20. The molecule has 1 N–H and O–H groups in total. The molecule has 1 unspecified atom stereocenters. The Morgan fingerprint density at radius 2 is 2.08 bits per heavy atom. The van der Waals surface area contributed by atoms with Crippen LogP contribution >= 0.6 is 0 Å². The Kier molecular flexibility index (Phi) is 5.59. The van der Waals surface area contributed by atoms with E-state index in [9.17, 15) is 4.79 Å². The van der Waals surface area contributed by atoms with Gasteiger partial charge in [0.2, 0.25) is 0 Å². The summed E-state index contributed by atoms with van der Waals surface area (Å²) in [6, 6.07) is 12.0. The molecule has 1 aliphatic heterocycles. The number of hydrogen-bond donors (Lipinski definition) is 1. The van der Waals surface area contributed by atoms with Crippen molar-refractivity contribution in [3.63, 3.8) is 0 Å². The van der Waals surface area contributed by atoms with Gasteiger partial charge in [-0.05, 0) is 55.5 Å². The second-order valence-electron chi connectivity index (χ2n) is 6.20. The van der Waals surface area contributed by atoms with Crippen LogP contribution < -0.4 is 10.1 Å². The highest BCUT2D eigenvalue weighted by Crippen LogP contribution is 2.23. The Bertz CT molecular complexity index is 659. The molecule has 0 aliphatic carbocycles. The van der Waals surface area contributed by atoms with Crippen molar-refractivity contribution in [3.05, 3.63) is 59.4 Å². The van der Waals surface area contributed by atoms with Crippen LogP contribution in [0.1, 0.15) is 47.3 Å². The molecule has 1 fully saturated rings. The summed E-state index contributed by atoms with van der Waals surface area (Å²) in [5.41, 5.74) is 2.87. The second kappa shape index (κ2) is 8.06. The number of Topliss-reactive ketones (excluding diaryl/α,β-unsaturated/α-hetero) is 1. The van der Waals surface area contributed by atoms with Gasteiger partial charge in [-0.2, -0.15) is 0 Å². The average molecular weight is 324 g/mol. The molecule has 1 aliphatic rings. The Hall–Kier alpha value is -2.20. The minimum atomic E-state index is 0.0325. The van der Waals surface area contributed by atoms with Crippen molar-refractivity contribution in [3.8, 4) is 5.75 Å². The lowest BCUT2D eigenvalue weighted by molar-refractivity contribution is 0.0988. The highest BCUT2D eigenvalue weighted by Gasteiger charge is 2.15. The van der Waals surface area contributed by atoms with Crippen LogP contribution in [-0.4, -0.2) is 30.5 Å². The summed E-state index contributed by atoms with van der Waals surface area (Å²) < 4.78 is 5.35. The fourth-order valence-electron chi connectivity index (χ4n) is 3.12. The van der Waals surface area contributed by atoms with E-state index in [0.29, 0.717) is 30.4 Å². The lowest BCUT2D eigenvalue weighted by atomic mass is 9.91. The van der Waals surface area contributed by atoms with Crippen LogP contribution in [0.3, 0.4) is 0 Å². The maximum Gasteiger partial charge on any atom is 0.185 e. The van der Waals surface area contributed by atoms with E-state index in [1.165, 1.54) is 18.4 Å². The van der Waals surface area contributed by atoms with Crippen molar-refractivity contribution in [2.45, 2.75) is 32.1 Å². The van der Waals surface area contributed by atoms with E-state index in [1.807, 2.05) is 6.92 Å². The number of ketones is 1. The number of nitrogens with one attached hydrogen (secondary N) is 1. The van der Waals surface area contributed by atoms with E-state index in [2.05, 4.69) is 34.6 Å². The van der Waals surface area contributed by atoms with Gasteiger partial charge in [-0.1, -0.05) is 24.3 Å². The number of nitrogens with zero attached hydrogens (tertiary/aromatic N) is 1. The third kappa shape index (κ3) is 4.20. The zero-order chi connectivity index (χ0) is 16.8. The molecule has 0 bridgehead atoms. The van der Waals surface area contributed by atoms with Crippen LogP contribution in [0.4, 0.5) is 0 Å². The van der Waals surface area contributed by atoms with Crippen LogP contribution in [0, 0.1) is 0 Å². The van der Waals surface area contributed by atoms with Crippen molar-refractivity contribution >= 4 is 5.78 Å². The molecule has 2 aromatic rings. The summed E-state index contributed by atoms with van der Waals surface area (Å²) in [4.78, 5) is 16.6. The summed E-state index contributed by atoms with van der Waals surface area (Å²) in [7, 11) is 0. The molecule has 4 nitrogen and oxygen atoms in total. The lowest BCUT2D eigenvalue weighted by Gasteiger charge is -2.23. The summed E-state index contributed by atoms with van der Waals surface area (Å²) >= 11 is 0. The van der Waals surface area contributed by atoms with E-state index in [4.69, 9.17) is 4.74 Å². The number of carbonyl (C=O) groups is 1. The van der Waals surface area contributed by atoms with Gasteiger partial charge in [0.1, 0.15) is 11.4 Å². The van der Waals surface area contributed by atoms with Crippen LogP contribution in [0.15, 0.2) is 42.6 Å². The molecule has 126 valence electrons. The zero-order valence-corrected chi connectivity index (χ0v) is 14.1. The quantitative estimate of drug-likeness (QED) is 0.828. The first kappa shape index (κ1) is 16.7. The van der Waals surface area contributed by atoms with Crippen molar-refractivity contribution in [2.75, 3.05) is 19.7 Å². The first-order valence-corrected chi connectivity index (χ1v) is 8.68. The number of piperidine rings is 1. The Morgan fingerprint density at radius 1 is 1.25 bits per heavy atom. The molecule has 3 rings (SSSR count). The molecule has 4 heteroatoms. The van der Waals surface area contributed by atoms with Crippen molar-refractivity contribution in [1.29, 1.82) is 0 Å². The minimum absolute atomic E-state index is 0.0325. The molecule has 2 heterocycles. The third-order valence-corrected chi connectivity index (χ3v) is 4.45. The Morgan fingerprint density at radius 3 is 2.71 bits per heavy atom. The SMILES string of the molecule is CCOc1ccc(C(=O)Cc2ccc(C3CCCNC3)cc2)nc1. The summed E-state index contributed by atoms with van der Waals surface area (Å²) in [6.45, 7) is 4.69. The summed E-state index contributed by atoms with van der Waals surface area (Å²) in [6.07, 6.45) is 4.45. The maximum atomic E-state index is 12.4. The number of benzene rings is 1. The number of hydrogen-bond acceptors (Lipinski definition) is 4. The minimum Gasteiger partial charge on any atom is -0.492 e. The molecule has 1 aromatic carbocycles. The van der Waals surface area contributed by atoms with Crippen LogP contribution in [-0.2, 0) is 6.42 Å². The molecule has 0 spiro atoms. The van der Waals surface area contributed by atoms with Gasteiger partial charge in [0, 0.05) is 13.0 Å². The summed E-state index contributed by atoms with van der Waals surface area (Å²) in [5, 5.41) is 3.44. The Labute approximate surface area is 143 Å². The molecule has 1 atom stereocenters. The van der Waals surface area contributed by atoms with Gasteiger partial charge >= 0.3 is 0 Å². The molecule has 0 saturated carbocycles. The van der Waals surface area contributed by atoms with Crippen LogP contribution in [0.5, 0.6) is 5.75 Å². The highest BCUT2D eigenvalue weighted by atomic mass is 16.5. The van der Waals surface area contributed by atoms with Gasteiger partial charge in [0.15, 0.2) is 5.78 Å². The van der Waals surface area contributed by atoms with Crippen molar-refractivity contribution in [1.82, 2.24) is 10.3 Å². The fourth-order valence-corrected chi connectivity index (χ4v) is 3.12. The molecule has 1 aromatic heterocycles. The first-order chi connectivity index (χ1) is 11.8. The molecule has 0 radical (unpaired) electrons. The van der Waals surface area contributed by atoms with Crippen molar-refractivity contribution in [2.24, 2.45) is 0 Å². The zero-order valence-electron chi connectivity index (χ0n) is 14.1. The summed E-state index contributed by atoms with van der Waals surface area (Å²) in [5.74, 6) is 1.32. The standard InChI is InChI=1S/C20H24N2O2/c1-2-24-18-9-10-19(22-14-18)20(23)12-15-5-7-16(8-6-15)17-4-3-11-21-13-17/h5-10,14,17,21H,2-4,11-13H2,1H3. The van der Waals surface area contributed by atoms with E-state index in [1.54, 1.807) is 18.3 Å². The van der Waals surface area contributed by atoms with Crippen LogP contribution in [0.25, 0.3) is 0 Å². The normalized spacial score (nSPS) is 17.5. The van der Waals surface area contributed by atoms with Gasteiger partial charge in [0.05, 0.1) is 12.8 Å². The number of aromatic nitrogens is 1. The first-order valence-electron chi connectivity index (χ1n) is 8.68. The molecule has 24 heavy (non-hydrogen) atoms. The Balaban J connectivity index is 1.61. The molecular weight excluding hydrogens is 300 g/mol. The lowest BCUT2D eigenvalue weighted by Crippen LogP contribution is -2.28. The van der Waals surface area contributed by atoms with E-state index in [0.717, 1.165) is 18.7 Å². The maximum absolute atomic E-state index is 12.4. The largest absolute Gasteiger partial charge is 0.492 e. The highest BCUT2D eigenvalue weighted by molar-refractivity contribution is 5.95. The number of carbonyl (C=O) groups excluding carboxylic acids is 1. The van der Waals surface area contributed by atoms with Gasteiger partial charge in [0.25, 0.3) is 0 Å². The fraction of sp³-hybridized carbons (Fsp3) is 0.400. The van der Waals surface area contributed by atoms with Gasteiger partial charge < -0.3 is 10.1 Å². The van der Waals surface area contributed by atoms with E-state index >= 15 is 0 Å². The number of rotatable bonds is 6.